The first-order valence-corrected chi connectivity index (χ1v) is 6.78. The highest BCUT2D eigenvalue weighted by atomic mass is 16.5. The second kappa shape index (κ2) is 6.29. The Labute approximate surface area is 117 Å². The third kappa shape index (κ3) is 3.14. The summed E-state index contributed by atoms with van der Waals surface area (Å²) in [6, 6.07) is -0.321. The molecule has 2 aliphatic heterocycles. The van der Waals surface area contributed by atoms with Gasteiger partial charge in [-0.1, -0.05) is 6.92 Å². The van der Waals surface area contributed by atoms with Crippen LogP contribution in [-0.4, -0.2) is 54.0 Å². The molecule has 0 spiro atoms. The Morgan fingerprint density at radius 3 is 2.90 bits per heavy atom. The number of nitrogens with two attached hydrogens (primary N) is 1. The summed E-state index contributed by atoms with van der Waals surface area (Å²) in [6.07, 6.45) is 1.22. The van der Waals surface area contributed by atoms with Gasteiger partial charge in [0, 0.05) is 6.54 Å². The number of hydrogen-bond acceptors (Lipinski definition) is 6. The minimum absolute atomic E-state index is 0.162. The average molecular weight is 284 g/mol. The molecule has 4 N–H and O–H groups in total. The van der Waals surface area contributed by atoms with Crippen LogP contribution in [0.3, 0.4) is 0 Å². The van der Waals surface area contributed by atoms with Crippen LogP contribution in [-0.2, 0) is 19.1 Å². The van der Waals surface area contributed by atoms with Crippen LogP contribution in [0.25, 0.3) is 0 Å². The van der Waals surface area contributed by atoms with Gasteiger partial charge >= 0.3 is 0 Å². The molecule has 0 aliphatic carbocycles. The monoisotopic (exact) mass is 284 g/mol. The Morgan fingerprint density at radius 2 is 2.25 bits per heavy atom. The van der Waals surface area contributed by atoms with E-state index in [1.54, 1.807) is 0 Å². The van der Waals surface area contributed by atoms with Gasteiger partial charge in [-0.05, 0) is 19.3 Å². The number of hydrazine groups is 1. The summed E-state index contributed by atoms with van der Waals surface area (Å²) in [5.41, 5.74) is 2.07. The maximum Gasteiger partial charge on any atom is 0.263 e. The predicted octanol–water partition coefficient (Wildman–Crippen LogP) is -1.74. The molecule has 8 nitrogen and oxygen atoms in total. The largest absolute Gasteiger partial charge is 0.364 e. The molecule has 8 heteroatoms. The van der Waals surface area contributed by atoms with Crippen molar-refractivity contribution in [3.8, 4) is 0 Å². The smallest absolute Gasteiger partial charge is 0.263 e. The van der Waals surface area contributed by atoms with E-state index in [9.17, 15) is 14.4 Å². The van der Waals surface area contributed by atoms with Gasteiger partial charge in [0.2, 0.25) is 11.8 Å². The summed E-state index contributed by atoms with van der Waals surface area (Å²) < 4.78 is 5.60. The van der Waals surface area contributed by atoms with Gasteiger partial charge in [0.15, 0.2) is 0 Å². The molecule has 3 unspecified atom stereocenters. The van der Waals surface area contributed by atoms with Gasteiger partial charge in [0.25, 0.3) is 5.91 Å². The van der Waals surface area contributed by atoms with Crippen LogP contribution in [0.4, 0.5) is 0 Å². The molecule has 3 atom stereocenters. The highest BCUT2D eigenvalue weighted by Crippen LogP contribution is 2.22. The number of hydrogen-bond donors (Lipinski definition) is 3. The number of piperazine rings is 1. The van der Waals surface area contributed by atoms with Crippen molar-refractivity contribution < 1.29 is 19.1 Å². The topological polar surface area (TPSA) is 114 Å². The van der Waals surface area contributed by atoms with Crippen molar-refractivity contribution in [3.63, 3.8) is 0 Å². The summed E-state index contributed by atoms with van der Waals surface area (Å²) in [5.74, 6) is 4.17. The molecular formula is C12H20N4O4. The lowest BCUT2D eigenvalue weighted by atomic mass is 10.1. The summed E-state index contributed by atoms with van der Waals surface area (Å²) in [4.78, 5) is 36.4. The van der Waals surface area contributed by atoms with Crippen molar-refractivity contribution in [1.29, 1.82) is 0 Å². The number of imide groups is 1. The van der Waals surface area contributed by atoms with E-state index in [0.29, 0.717) is 25.8 Å². The molecule has 2 heterocycles. The SMILES string of the molecule is CCC1C(=O)NC(=O)CN1CC1CCC(C(=O)NN)O1. The van der Waals surface area contributed by atoms with Crippen LogP contribution in [0.1, 0.15) is 26.2 Å². The van der Waals surface area contributed by atoms with Crippen LogP contribution in [0, 0.1) is 0 Å². The molecule has 2 saturated heterocycles. The van der Waals surface area contributed by atoms with Crippen molar-refractivity contribution in [2.45, 2.75) is 44.4 Å². The molecule has 112 valence electrons. The molecule has 0 aromatic rings. The lowest BCUT2D eigenvalue weighted by Gasteiger charge is -2.34. The normalized spacial score (nSPS) is 31.2. The quantitative estimate of drug-likeness (QED) is 0.244. The molecule has 3 amide bonds. The van der Waals surface area contributed by atoms with E-state index in [-0.39, 0.29) is 36.4 Å². The van der Waals surface area contributed by atoms with Gasteiger partial charge in [0.05, 0.1) is 18.7 Å². The second-order valence-electron chi connectivity index (χ2n) is 5.10. The van der Waals surface area contributed by atoms with Gasteiger partial charge in [-0.3, -0.25) is 30.0 Å². The fourth-order valence-corrected chi connectivity index (χ4v) is 2.74. The zero-order valence-corrected chi connectivity index (χ0v) is 11.4. The lowest BCUT2D eigenvalue weighted by Crippen LogP contribution is -2.59. The molecule has 0 aromatic heterocycles. The van der Waals surface area contributed by atoms with Gasteiger partial charge in [0.1, 0.15) is 6.10 Å². The standard InChI is InChI=1S/C12H20N4O4/c1-2-8-11(18)14-10(17)6-16(8)5-7-3-4-9(20-7)12(19)15-13/h7-9H,2-6,13H2,1H3,(H,15,19)(H,14,17,18). The Balaban J connectivity index is 1.93. The Hall–Kier alpha value is -1.51. The minimum Gasteiger partial charge on any atom is -0.364 e. The number of carbonyl (C=O) groups excluding carboxylic acids is 3. The van der Waals surface area contributed by atoms with Crippen molar-refractivity contribution in [2.24, 2.45) is 5.84 Å². The minimum atomic E-state index is -0.542. The van der Waals surface area contributed by atoms with E-state index >= 15 is 0 Å². The summed E-state index contributed by atoms with van der Waals surface area (Å²) in [7, 11) is 0. The number of amides is 3. The lowest BCUT2D eigenvalue weighted by molar-refractivity contribution is -0.142. The molecule has 2 aliphatic rings. The van der Waals surface area contributed by atoms with Crippen LogP contribution >= 0.6 is 0 Å². The summed E-state index contributed by atoms with van der Waals surface area (Å²) in [6.45, 7) is 2.54. The molecule has 0 aromatic carbocycles. The number of ether oxygens (including phenoxy) is 1. The van der Waals surface area contributed by atoms with Crippen molar-refractivity contribution in [3.05, 3.63) is 0 Å². The van der Waals surface area contributed by atoms with Gasteiger partial charge < -0.3 is 4.74 Å². The fraction of sp³-hybridized carbons (Fsp3) is 0.750. The predicted molar refractivity (Wildman–Crippen MR) is 69.0 cm³/mol. The molecule has 2 rings (SSSR count). The van der Waals surface area contributed by atoms with Gasteiger partial charge in [-0.25, -0.2) is 5.84 Å². The van der Waals surface area contributed by atoms with Crippen molar-refractivity contribution in [1.82, 2.24) is 15.6 Å². The number of nitrogens with one attached hydrogen (secondary N) is 2. The van der Waals surface area contributed by atoms with E-state index in [4.69, 9.17) is 10.6 Å². The molecule has 20 heavy (non-hydrogen) atoms. The zero-order chi connectivity index (χ0) is 14.7. The maximum absolute atomic E-state index is 11.7. The van der Waals surface area contributed by atoms with E-state index in [1.807, 2.05) is 11.8 Å². The number of carbonyl (C=O) groups is 3. The average Bonchev–Trinajstić information content (AvgIpc) is 2.86. The fourth-order valence-electron chi connectivity index (χ4n) is 2.74. The first-order valence-electron chi connectivity index (χ1n) is 6.78. The summed E-state index contributed by atoms with van der Waals surface area (Å²) in [5, 5.41) is 2.33. The van der Waals surface area contributed by atoms with E-state index in [0.717, 1.165) is 0 Å². The molecule has 0 radical (unpaired) electrons. The first kappa shape index (κ1) is 14.9. The Morgan fingerprint density at radius 1 is 1.50 bits per heavy atom. The van der Waals surface area contributed by atoms with Crippen LogP contribution < -0.4 is 16.6 Å². The molecule has 0 saturated carbocycles. The van der Waals surface area contributed by atoms with Gasteiger partial charge in [-0.2, -0.15) is 0 Å². The summed E-state index contributed by atoms with van der Waals surface area (Å²) >= 11 is 0. The highest BCUT2D eigenvalue weighted by Gasteiger charge is 2.37. The molecule has 2 fully saturated rings. The maximum atomic E-state index is 11.7. The third-order valence-electron chi connectivity index (χ3n) is 3.72. The van der Waals surface area contributed by atoms with Gasteiger partial charge in [-0.15, -0.1) is 0 Å². The highest BCUT2D eigenvalue weighted by molar-refractivity contribution is 6.01. The van der Waals surface area contributed by atoms with Crippen molar-refractivity contribution in [2.75, 3.05) is 13.1 Å². The van der Waals surface area contributed by atoms with Crippen LogP contribution in [0.2, 0.25) is 0 Å². The Kier molecular flexibility index (Phi) is 4.69. The Bertz CT molecular complexity index is 414. The molecule has 0 bridgehead atoms. The first-order chi connectivity index (χ1) is 9.55. The van der Waals surface area contributed by atoms with Crippen molar-refractivity contribution >= 4 is 17.7 Å². The van der Waals surface area contributed by atoms with Crippen LogP contribution in [0.5, 0.6) is 0 Å². The van der Waals surface area contributed by atoms with Crippen LogP contribution in [0.15, 0.2) is 0 Å². The van der Waals surface area contributed by atoms with E-state index in [1.165, 1.54) is 0 Å². The number of rotatable bonds is 4. The van der Waals surface area contributed by atoms with E-state index in [2.05, 4.69) is 10.7 Å². The molecular weight excluding hydrogens is 264 g/mol. The van der Waals surface area contributed by atoms with E-state index < -0.39 is 6.10 Å². The zero-order valence-electron chi connectivity index (χ0n) is 11.4. The second-order valence-corrected chi connectivity index (χ2v) is 5.10. The number of nitrogens with zero attached hydrogens (tertiary/aromatic N) is 1. The third-order valence-corrected chi connectivity index (χ3v) is 3.72.